The number of halogens is 5. The molecule has 0 aliphatic rings. The Hall–Kier alpha value is 0.0500. The van der Waals surface area contributed by atoms with Gasteiger partial charge in [-0.05, 0) is 58.1 Å². The molecule has 0 radical (unpaired) electrons. The molecule has 0 bridgehead atoms. The normalized spacial score (nSPS) is 11.6. The Labute approximate surface area is 119 Å². The molecule has 1 nitrogen and oxygen atoms in total. The first-order chi connectivity index (χ1) is 7.81. The zero-order chi connectivity index (χ0) is 13.1. The Morgan fingerprint density at radius 3 is 2.59 bits per heavy atom. The van der Waals surface area contributed by atoms with E-state index in [0.717, 1.165) is 3.57 Å². The topological polar surface area (TPSA) is 17.1 Å². The summed E-state index contributed by atoms with van der Waals surface area (Å²) in [4.78, 5) is 11.2. The molecule has 17 heavy (non-hydrogen) atoms. The minimum absolute atomic E-state index is 0.0522. The highest BCUT2D eigenvalue weighted by Gasteiger charge is 2.30. The molecule has 7 heteroatoms. The third-order valence-electron chi connectivity index (χ3n) is 1.78. The summed E-state index contributed by atoms with van der Waals surface area (Å²) < 4.78 is 37.7. The van der Waals surface area contributed by atoms with E-state index in [1.807, 2.05) is 22.6 Å². The summed E-state index contributed by atoms with van der Waals surface area (Å²) in [6.45, 7) is 0. The minimum atomic E-state index is -4.36. The van der Waals surface area contributed by atoms with Gasteiger partial charge in [0.25, 0.3) is 0 Å². The Morgan fingerprint density at radius 1 is 1.41 bits per heavy atom. The van der Waals surface area contributed by atoms with Gasteiger partial charge in [-0.3, -0.25) is 4.79 Å². The van der Waals surface area contributed by atoms with E-state index in [2.05, 4.69) is 0 Å². The average molecular weight is 395 g/mol. The summed E-state index contributed by atoms with van der Waals surface area (Å²) >= 11 is 7.12. The van der Waals surface area contributed by atoms with E-state index in [4.69, 9.17) is 11.6 Å². The molecule has 0 atom stereocenters. The second-order valence-corrected chi connectivity index (χ2v) is 5.77. The van der Waals surface area contributed by atoms with Crippen molar-refractivity contribution in [3.05, 3.63) is 27.3 Å². The zero-order valence-electron chi connectivity index (χ0n) is 8.35. The largest absolute Gasteiger partial charge is 0.446 e. The molecule has 0 aliphatic carbocycles. The quantitative estimate of drug-likeness (QED) is 0.431. The van der Waals surface area contributed by atoms with E-state index in [1.165, 1.54) is 6.07 Å². The van der Waals surface area contributed by atoms with E-state index in [1.54, 1.807) is 12.1 Å². The fourth-order valence-corrected chi connectivity index (χ4v) is 2.47. The number of thioether (sulfide) groups is 1. The molecule has 0 aromatic heterocycles. The summed E-state index contributed by atoms with van der Waals surface area (Å²) in [5, 5.41) is 0. The predicted molar refractivity (Wildman–Crippen MR) is 70.5 cm³/mol. The number of hydrogen-bond donors (Lipinski definition) is 0. The summed E-state index contributed by atoms with van der Waals surface area (Å²) in [5.41, 5.74) is -3.99. The van der Waals surface area contributed by atoms with Gasteiger partial charge in [0.05, 0.1) is 5.88 Å². The third kappa shape index (κ3) is 5.48. The lowest BCUT2D eigenvalue weighted by Gasteiger charge is -2.10. The van der Waals surface area contributed by atoms with Crippen LogP contribution in [0.15, 0.2) is 23.1 Å². The van der Waals surface area contributed by atoms with Crippen molar-refractivity contribution in [1.82, 2.24) is 0 Å². The van der Waals surface area contributed by atoms with Crippen LogP contribution < -0.4 is 0 Å². The van der Waals surface area contributed by atoms with Crippen LogP contribution in [-0.4, -0.2) is 17.2 Å². The zero-order valence-corrected chi connectivity index (χ0v) is 12.1. The number of benzene rings is 1. The molecule has 94 valence electrons. The molecule has 0 fully saturated rings. The molecule has 1 aromatic carbocycles. The standard InChI is InChI=1S/C10H7ClF3IOS/c11-5-8(16)4-6-3-7(15)1-2-9(6)17-10(12,13)14/h1-3H,4-5H2. The Kier molecular flexibility index (Phi) is 5.59. The second kappa shape index (κ2) is 6.29. The molecule has 0 unspecified atom stereocenters. The number of alkyl halides is 4. The number of rotatable bonds is 4. The molecule has 0 N–H and O–H groups in total. The summed E-state index contributed by atoms with van der Waals surface area (Å²) in [6, 6.07) is 4.51. The lowest BCUT2D eigenvalue weighted by molar-refractivity contribution is -0.116. The van der Waals surface area contributed by atoms with Crippen LogP contribution in [0.3, 0.4) is 0 Å². The number of hydrogen-bond acceptors (Lipinski definition) is 2. The van der Waals surface area contributed by atoms with Crippen LogP contribution in [0.4, 0.5) is 13.2 Å². The van der Waals surface area contributed by atoms with Gasteiger partial charge in [-0.25, -0.2) is 0 Å². The fraction of sp³-hybridized carbons (Fsp3) is 0.300. The van der Waals surface area contributed by atoms with Gasteiger partial charge in [0.1, 0.15) is 0 Å². The maximum atomic E-state index is 12.3. The minimum Gasteiger partial charge on any atom is -0.298 e. The summed E-state index contributed by atoms with van der Waals surface area (Å²) in [7, 11) is 0. The van der Waals surface area contributed by atoms with Crippen LogP contribution in [0.25, 0.3) is 0 Å². The molecule has 1 rings (SSSR count). The molecule has 0 amide bonds. The van der Waals surface area contributed by atoms with Crippen LogP contribution in [-0.2, 0) is 11.2 Å². The van der Waals surface area contributed by atoms with Gasteiger partial charge < -0.3 is 0 Å². The van der Waals surface area contributed by atoms with E-state index >= 15 is 0 Å². The molecule has 0 saturated heterocycles. The number of carbonyl (C=O) groups is 1. The van der Waals surface area contributed by atoms with Crippen molar-refractivity contribution in [1.29, 1.82) is 0 Å². The summed E-state index contributed by atoms with van der Waals surface area (Å²) in [6.07, 6.45) is -0.0707. The van der Waals surface area contributed by atoms with E-state index in [-0.39, 0.29) is 34.7 Å². The molecular weight excluding hydrogens is 388 g/mol. The summed E-state index contributed by atoms with van der Waals surface area (Å²) in [5.74, 6) is -0.487. The first kappa shape index (κ1) is 15.1. The van der Waals surface area contributed by atoms with Crippen molar-refractivity contribution in [3.63, 3.8) is 0 Å². The van der Waals surface area contributed by atoms with Gasteiger partial charge in [-0.2, -0.15) is 13.2 Å². The third-order valence-corrected chi connectivity index (χ3v) is 3.60. The maximum absolute atomic E-state index is 12.3. The molecule has 0 saturated carbocycles. The first-order valence-corrected chi connectivity index (χ1v) is 6.86. The highest BCUT2D eigenvalue weighted by Crippen LogP contribution is 2.39. The van der Waals surface area contributed by atoms with Crippen molar-refractivity contribution >= 4 is 51.7 Å². The maximum Gasteiger partial charge on any atom is 0.446 e. The lowest BCUT2D eigenvalue weighted by Crippen LogP contribution is -2.07. The van der Waals surface area contributed by atoms with Crippen LogP contribution >= 0.6 is 46.0 Å². The number of Topliss-reactive ketones (excluding diaryl/α,β-unsaturated/α-hetero) is 1. The lowest BCUT2D eigenvalue weighted by atomic mass is 10.1. The average Bonchev–Trinajstić information content (AvgIpc) is 2.20. The number of carbonyl (C=O) groups excluding carboxylic acids is 1. The Bertz CT molecular complexity index is 423. The molecule has 0 aliphatic heterocycles. The monoisotopic (exact) mass is 394 g/mol. The van der Waals surface area contributed by atoms with Crippen LogP contribution in [0, 0.1) is 3.57 Å². The van der Waals surface area contributed by atoms with Gasteiger partial charge in [-0.1, -0.05) is 0 Å². The Morgan fingerprint density at radius 2 is 2.06 bits per heavy atom. The second-order valence-electron chi connectivity index (χ2n) is 3.15. The molecule has 0 spiro atoms. The van der Waals surface area contributed by atoms with Gasteiger partial charge in [-0.15, -0.1) is 11.6 Å². The molecule has 0 heterocycles. The number of ketones is 1. The van der Waals surface area contributed by atoms with E-state index in [9.17, 15) is 18.0 Å². The van der Waals surface area contributed by atoms with Crippen molar-refractivity contribution < 1.29 is 18.0 Å². The van der Waals surface area contributed by atoms with Gasteiger partial charge in [0.15, 0.2) is 5.78 Å². The van der Waals surface area contributed by atoms with E-state index in [0.29, 0.717) is 5.56 Å². The SMILES string of the molecule is O=C(CCl)Cc1cc(I)ccc1SC(F)(F)F. The van der Waals surface area contributed by atoms with Crippen molar-refractivity contribution in [2.24, 2.45) is 0 Å². The highest BCUT2D eigenvalue weighted by atomic mass is 127. The fourth-order valence-electron chi connectivity index (χ4n) is 1.17. The predicted octanol–water partition coefficient (Wildman–Crippen LogP) is 4.25. The molecule has 1 aromatic rings. The smallest absolute Gasteiger partial charge is 0.298 e. The van der Waals surface area contributed by atoms with Crippen molar-refractivity contribution in [3.8, 4) is 0 Å². The van der Waals surface area contributed by atoms with Crippen molar-refractivity contribution in [2.45, 2.75) is 16.8 Å². The van der Waals surface area contributed by atoms with Crippen LogP contribution in [0.5, 0.6) is 0 Å². The van der Waals surface area contributed by atoms with E-state index < -0.39 is 5.51 Å². The van der Waals surface area contributed by atoms with Crippen LogP contribution in [0.2, 0.25) is 0 Å². The van der Waals surface area contributed by atoms with Crippen LogP contribution in [0.1, 0.15) is 5.56 Å². The van der Waals surface area contributed by atoms with Gasteiger partial charge in [0, 0.05) is 14.9 Å². The van der Waals surface area contributed by atoms with Gasteiger partial charge >= 0.3 is 5.51 Å². The highest BCUT2D eigenvalue weighted by molar-refractivity contribution is 14.1. The molecular formula is C10H7ClF3IOS. The van der Waals surface area contributed by atoms with Crippen molar-refractivity contribution in [2.75, 3.05) is 5.88 Å². The van der Waals surface area contributed by atoms with Gasteiger partial charge in [0.2, 0.25) is 0 Å². The Balaban J connectivity index is 2.99. The first-order valence-electron chi connectivity index (χ1n) is 4.43.